The van der Waals surface area contributed by atoms with Gasteiger partial charge < -0.3 is 10.1 Å². The molecule has 0 radical (unpaired) electrons. The number of nitrogens with one attached hydrogen (secondary N) is 1. The Morgan fingerprint density at radius 1 is 1.28 bits per heavy atom. The molecule has 0 aliphatic rings. The van der Waals surface area contributed by atoms with Gasteiger partial charge in [-0.15, -0.1) is 5.10 Å². The predicted octanol–water partition coefficient (Wildman–Crippen LogP) is 1.62. The van der Waals surface area contributed by atoms with Crippen LogP contribution in [0.1, 0.15) is 11.4 Å². The molecular weight excluding hydrogens is 327 g/mol. The number of carbonyl (C=O) groups is 1. The maximum atomic E-state index is 13.7. The molecule has 1 amide bonds. The molecule has 128 valence electrons. The maximum Gasteiger partial charge on any atom is 0.242 e. The molecule has 25 heavy (non-hydrogen) atoms. The van der Waals surface area contributed by atoms with Gasteiger partial charge in [0, 0.05) is 18.3 Å². The standard InChI is InChI=1S/C16H15FN6O2/c1-11-20-21-22-23(11)10-15(24)19-9-12-5-4-8-18-16(12)25-14-7-3-2-6-13(14)17/h2-8H,9-10H2,1H3,(H,19,24). The van der Waals surface area contributed by atoms with Crippen molar-refractivity contribution in [1.29, 1.82) is 0 Å². The van der Waals surface area contributed by atoms with Crippen molar-refractivity contribution in [2.75, 3.05) is 0 Å². The van der Waals surface area contributed by atoms with E-state index >= 15 is 0 Å². The fourth-order valence-electron chi connectivity index (χ4n) is 2.06. The van der Waals surface area contributed by atoms with Gasteiger partial charge in [0.25, 0.3) is 0 Å². The molecule has 8 nitrogen and oxygen atoms in total. The van der Waals surface area contributed by atoms with Crippen molar-refractivity contribution in [3.05, 3.63) is 59.8 Å². The summed E-state index contributed by atoms with van der Waals surface area (Å²) in [6.45, 7) is 1.88. The number of pyridine rings is 1. The minimum Gasteiger partial charge on any atom is -0.436 e. The minimum absolute atomic E-state index is 0.00258. The number of nitrogens with zero attached hydrogens (tertiary/aromatic N) is 5. The summed E-state index contributed by atoms with van der Waals surface area (Å²) in [7, 11) is 0. The molecule has 2 heterocycles. The number of benzene rings is 1. The molecule has 0 saturated heterocycles. The Morgan fingerprint density at radius 3 is 2.88 bits per heavy atom. The van der Waals surface area contributed by atoms with Crippen LogP contribution in [-0.2, 0) is 17.9 Å². The van der Waals surface area contributed by atoms with E-state index in [1.54, 1.807) is 31.2 Å². The average molecular weight is 342 g/mol. The Kier molecular flexibility index (Phi) is 4.93. The van der Waals surface area contributed by atoms with E-state index in [-0.39, 0.29) is 30.6 Å². The first-order valence-corrected chi connectivity index (χ1v) is 7.49. The summed E-state index contributed by atoms with van der Waals surface area (Å²) in [5.74, 6) is 0.0816. The molecule has 2 aromatic heterocycles. The fourth-order valence-corrected chi connectivity index (χ4v) is 2.06. The van der Waals surface area contributed by atoms with Crippen LogP contribution in [0.2, 0.25) is 0 Å². The molecule has 0 saturated carbocycles. The van der Waals surface area contributed by atoms with Crippen molar-refractivity contribution >= 4 is 5.91 Å². The average Bonchev–Trinajstić information content (AvgIpc) is 3.01. The Bertz CT molecular complexity index is 882. The highest BCUT2D eigenvalue weighted by molar-refractivity contribution is 5.75. The summed E-state index contributed by atoms with van der Waals surface area (Å²) in [6, 6.07) is 9.49. The third-order valence-electron chi connectivity index (χ3n) is 3.37. The maximum absolute atomic E-state index is 13.7. The number of carbonyl (C=O) groups excluding carboxylic acids is 1. The molecular formula is C16H15FN6O2. The second-order valence-corrected chi connectivity index (χ2v) is 5.16. The van der Waals surface area contributed by atoms with E-state index in [1.807, 2.05) is 0 Å². The molecule has 0 bridgehead atoms. The first-order chi connectivity index (χ1) is 12.1. The van der Waals surface area contributed by atoms with E-state index < -0.39 is 5.82 Å². The SMILES string of the molecule is Cc1nnnn1CC(=O)NCc1cccnc1Oc1ccccc1F. The number of hydrogen-bond donors (Lipinski definition) is 1. The summed E-state index contributed by atoms with van der Waals surface area (Å²) in [6.07, 6.45) is 1.53. The molecule has 0 aliphatic heterocycles. The Morgan fingerprint density at radius 2 is 2.12 bits per heavy atom. The van der Waals surface area contributed by atoms with Crippen LogP contribution in [0.15, 0.2) is 42.6 Å². The van der Waals surface area contributed by atoms with Crippen molar-refractivity contribution in [3.63, 3.8) is 0 Å². The predicted molar refractivity (Wildman–Crippen MR) is 85.1 cm³/mol. The third-order valence-corrected chi connectivity index (χ3v) is 3.37. The van der Waals surface area contributed by atoms with Crippen LogP contribution in [0.5, 0.6) is 11.6 Å². The highest BCUT2D eigenvalue weighted by Crippen LogP contribution is 2.25. The number of para-hydroxylation sites is 1. The van der Waals surface area contributed by atoms with E-state index in [0.717, 1.165) is 0 Å². The van der Waals surface area contributed by atoms with Crippen LogP contribution in [0.4, 0.5) is 4.39 Å². The quantitative estimate of drug-likeness (QED) is 0.731. The van der Waals surface area contributed by atoms with Gasteiger partial charge in [-0.3, -0.25) is 4.79 Å². The lowest BCUT2D eigenvalue weighted by Crippen LogP contribution is -2.28. The molecule has 1 N–H and O–H groups in total. The summed E-state index contributed by atoms with van der Waals surface area (Å²) < 4.78 is 20.6. The Balaban J connectivity index is 1.66. The summed E-state index contributed by atoms with van der Waals surface area (Å²) in [4.78, 5) is 16.1. The van der Waals surface area contributed by atoms with Crippen LogP contribution in [0.3, 0.4) is 0 Å². The zero-order valence-corrected chi connectivity index (χ0v) is 13.4. The fraction of sp³-hybridized carbons (Fsp3) is 0.188. The molecule has 3 rings (SSSR count). The number of ether oxygens (including phenoxy) is 1. The highest BCUT2D eigenvalue weighted by Gasteiger charge is 2.11. The van der Waals surface area contributed by atoms with Gasteiger partial charge in [0.15, 0.2) is 11.6 Å². The number of aryl methyl sites for hydroxylation is 1. The monoisotopic (exact) mass is 342 g/mol. The summed E-state index contributed by atoms with van der Waals surface area (Å²) in [5.41, 5.74) is 0.618. The lowest BCUT2D eigenvalue weighted by Gasteiger charge is -2.11. The van der Waals surface area contributed by atoms with Gasteiger partial charge in [-0.05, 0) is 35.5 Å². The van der Waals surface area contributed by atoms with Crippen LogP contribution in [0.25, 0.3) is 0 Å². The number of hydrogen-bond acceptors (Lipinski definition) is 6. The minimum atomic E-state index is -0.489. The van der Waals surface area contributed by atoms with Crippen LogP contribution in [-0.4, -0.2) is 31.1 Å². The van der Waals surface area contributed by atoms with Gasteiger partial charge >= 0.3 is 0 Å². The van der Waals surface area contributed by atoms with E-state index in [1.165, 1.54) is 23.0 Å². The van der Waals surface area contributed by atoms with Crippen molar-refractivity contribution in [3.8, 4) is 11.6 Å². The normalized spacial score (nSPS) is 10.5. The van der Waals surface area contributed by atoms with Gasteiger partial charge in [0.1, 0.15) is 12.4 Å². The number of rotatable bonds is 6. The molecule has 3 aromatic rings. The van der Waals surface area contributed by atoms with Gasteiger partial charge in [-0.1, -0.05) is 18.2 Å². The molecule has 1 aromatic carbocycles. The zero-order chi connectivity index (χ0) is 17.6. The van der Waals surface area contributed by atoms with Crippen molar-refractivity contribution in [2.24, 2.45) is 0 Å². The smallest absolute Gasteiger partial charge is 0.242 e. The van der Waals surface area contributed by atoms with Crippen LogP contribution < -0.4 is 10.1 Å². The third kappa shape index (κ3) is 4.14. The molecule has 0 spiro atoms. The molecule has 0 fully saturated rings. The van der Waals surface area contributed by atoms with Gasteiger partial charge in [-0.25, -0.2) is 14.1 Å². The molecule has 9 heteroatoms. The topological polar surface area (TPSA) is 94.8 Å². The zero-order valence-electron chi connectivity index (χ0n) is 13.4. The second-order valence-electron chi connectivity index (χ2n) is 5.16. The molecule has 0 aliphatic carbocycles. The summed E-state index contributed by atoms with van der Waals surface area (Å²) in [5, 5.41) is 13.6. The van der Waals surface area contributed by atoms with E-state index in [9.17, 15) is 9.18 Å². The molecule has 0 unspecified atom stereocenters. The number of amides is 1. The lowest BCUT2D eigenvalue weighted by atomic mass is 10.2. The van der Waals surface area contributed by atoms with Gasteiger partial charge in [0.05, 0.1) is 0 Å². The van der Waals surface area contributed by atoms with Gasteiger partial charge in [-0.2, -0.15) is 0 Å². The van der Waals surface area contributed by atoms with Crippen molar-refractivity contribution < 1.29 is 13.9 Å². The van der Waals surface area contributed by atoms with Crippen LogP contribution >= 0.6 is 0 Å². The van der Waals surface area contributed by atoms with Gasteiger partial charge in [0.2, 0.25) is 11.8 Å². The highest BCUT2D eigenvalue weighted by atomic mass is 19.1. The van der Waals surface area contributed by atoms with Crippen molar-refractivity contribution in [2.45, 2.75) is 20.0 Å². The van der Waals surface area contributed by atoms with Crippen LogP contribution in [0, 0.1) is 12.7 Å². The lowest BCUT2D eigenvalue weighted by molar-refractivity contribution is -0.122. The summed E-state index contributed by atoms with van der Waals surface area (Å²) >= 11 is 0. The first kappa shape index (κ1) is 16.5. The number of halogens is 1. The molecule has 0 atom stereocenters. The largest absolute Gasteiger partial charge is 0.436 e. The Labute approximate surface area is 142 Å². The van der Waals surface area contributed by atoms with E-state index in [0.29, 0.717) is 11.4 Å². The van der Waals surface area contributed by atoms with E-state index in [4.69, 9.17) is 4.74 Å². The van der Waals surface area contributed by atoms with E-state index in [2.05, 4.69) is 25.8 Å². The van der Waals surface area contributed by atoms with Crippen molar-refractivity contribution in [1.82, 2.24) is 30.5 Å². The number of tetrazole rings is 1. The number of aromatic nitrogens is 5. The first-order valence-electron chi connectivity index (χ1n) is 7.49. The second kappa shape index (κ2) is 7.47. The Hall–Kier alpha value is -3.36.